The molecule has 1 heterocycles. The van der Waals surface area contributed by atoms with E-state index in [0.29, 0.717) is 23.3 Å². The van der Waals surface area contributed by atoms with Crippen molar-refractivity contribution >= 4 is 0 Å². The van der Waals surface area contributed by atoms with Crippen molar-refractivity contribution in [3.63, 3.8) is 0 Å². The first-order valence-electron chi connectivity index (χ1n) is 11.7. The number of hydrogen-bond acceptors (Lipinski definition) is 2. The van der Waals surface area contributed by atoms with E-state index in [2.05, 4.69) is 95.8 Å². The van der Waals surface area contributed by atoms with Crippen LogP contribution < -0.4 is 0 Å². The number of benzene rings is 1. The van der Waals surface area contributed by atoms with E-state index in [1.807, 2.05) is 0 Å². The molecule has 1 aromatic carbocycles. The Morgan fingerprint density at radius 1 is 1.07 bits per heavy atom. The van der Waals surface area contributed by atoms with Crippen LogP contribution in [-0.2, 0) is 6.42 Å². The summed E-state index contributed by atoms with van der Waals surface area (Å²) >= 11 is 0. The van der Waals surface area contributed by atoms with Gasteiger partial charge in [-0.25, -0.2) is 0 Å². The number of fused-ring (bicyclic) bond motifs is 1. The Kier molecular flexibility index (Phi) is 6.65. The average molecular weight is 397 g/mol. The quantitative estimate of drug-likeness (QED) is 0.545. The van der Waals surface area contributed by atoms with E-state index < -0.39 is 0 Å². The minimum Gasteiger partial charge on any atom is -0.306 e. The topological polar surface area (TPSA) is 6.48 Å². The highest BCUT2D eigenvalue weighted by molar-refractivity contribution is 5.30. The van der Waals surface area contributed by atoms with Gasteiger partial charge in [-0.05, 0) is 56.3 Å². The second kappa shape index (κ2) is 8.55. The molecular formula is C27H44N2. The van der Waals surface area contributed by atoms with Crippen molar-refractivity contribution in [2.75, 3.05) is 33.7 Å². The molecule has 0 spiro atoms. The van der Waals surface area contributed by atoms with E-state index in [4.69, 9.17) is 0 Å². The van der Waals surface area contributed by atoms with Crippen LogP contribution in [0.15, 0.2) is 35.9 Å². The highest BCUT2D eigenvalue weighted by Gasteiger charge is 2.49. The zero-order valence-corrected chi connectivity index (χ0v) is 20.3. The zero-order valence-electron chi connectivity index (χ0n) is 20.3. The maximum atomic E-state index is 2.71. The summed E-state index contributed by atoms with van der Waals surface area (Å²) in [6.07, 6.45) is 6.38. The Bertz CT molecular complexity index is 713. The molecule has 3 atom stereocenters. The summed E-state index contributed by atoms with van der Waals surface area (Å²) in [5.74, 6) is 1.30. The fraction of sp³-hybridized carbons (Fsp3) is 0.704. The molecule has 2 aliphatic rings. The molecule has 0 bridgehead atoms. The molecule has 162 valence electrons. The highest BCUT2D eigenvalue weighted by atomic mass is 15.1. The first-order valence-corrected chi connectivity index (χ1v) is 11.7. The third-order valence-corrected chi connectivity index (χ3v) is 7.70. The first kappa shape index (κ1) is 22.6. The van der Waals surface area contributed by atoms with Gasteiger partial charge in [0.15, 0.2) is 0 Å². The zero-order chi connectivity index (χ0) is 21.4. The molecule has 3 rings (SSSR count). The lowest BCUT2D eigenvalue weighted by molar-refractivity contribution is 0.0468. The van der Waals surface area contributed by atoms with Crippen molar-refractivity contribution in [1.82, 2.24) is 9.80 Å². The number of hydrogen-bond donors (Lipinski definition) is 0. The molecule has 0 amide bonds. The van der Waals surface area contributed by atoms with Gasteiger partial charge in [0.25, 0.3) is 0 Å². The molecule has 0 radical (unpaired) electrons. The summed E-state index contributed by atoms with van der Waals surface area (Å²) in [5, 5.41) is 0. The monoisotopic (exact) mass is 396 g/mol. The molecule has 1 aliphatic carbocycles. The molecule has 0 N–H and O–H groups in total. The predicted octanol–water partition coefficient (Wildman–Crippen LogP) is 5.99. The largest absolute Gasteiger partial charge is 0.306 e. The summed E-state index contributed by atoms with van der Waals surface area (Å²) in [6, 6.07) is 9.96. The van der Waals surface area contributed by atoms with Gasteiger partial charge in [0.05, 0.1) is 0 Å². The van der Waals surface area contributed by atoms with Gasteiger partial charge in [-0.2, -0.15) is 0 Å². The Morgan fingerprint density at radius 3 is 2.31 bits per heavy atom. The van der Waals surface area contributed by atoms with Crippen LogP contribution in [0.5, 0.6) is 0 Å². The molecule has 1 fully saturated rings. The van der Waals surface area contributed by atoms with Gasteiger partial charge in [0, 0.05) is 36.5 Å². The second-order valence-electron chi connectivity index (χ2n) is 11.3. The van der Waals surface area contributed by atoms with Crippen molar-refractivity contribution in [3.8, 4) is 0 Å². The number of rotatable bonds is 6. The molecular weight excluding hydrogens is 352 g/mol. The van der Waals surface area contributed by atoms with Gasteiger partial charge < -0.3 is 4.90 Å². The van der Waals surface area contributed by atoms with Crippen LogP contribution in [0.1, 0.15) is 71.4 Å². The van der Waals surface area contributed by atoms with Gasteiger partial charge in [-0.15, -0.1) is 0 Å². The van der Waals surface area contributed by atoms with Crippen molar-refractivity contribution in [3.05, 3.63) is 47.0 Å². The third-order valence-electron chi connectivity index (χ3n) is 7.70. The van der Waals surface area contributed by atoms with E-state index in [0.717, 1.165) is 6.54 Å². The molecule has 1 unspecified atom stereocenters. The van der Waals surface area contributed by atoms with Gasteiger partial charge in [-0.3, -0.25) is 4.90 Å². The standard InChI is InChI=1S/C27H44N2/c1-20(2)23-11-9-22(10-12-23)17-21(3)18-29-16-14-24-26(4,5)25(28(7)8)13-15-27(24,6)19-29/h9-12,14,20-21,25H,13,15-19H2,1-8H3/t21?,25-,27+/m0/s1. The van der Waals surface area contributed by atoms with Crippen LogP contribution in [0.4, 0.5) is 0 Å². The van der Waals surface area contributed by atoms with Crippen LogP contribution >= 0.6 is 0 Å². The van der Waals surface area contributed by atoms with Crippen LogP contribution in [0.2, 0.25) is 0 Å². The molecule has 0 aromatic heterocycles. The normalized spacial score (nSPS) is 28.3. The number of nitrogens with zero attached hydrogens (tertiary/aromatic N) is 2. The summed E-state index contributed by atoms with van der Waals surface area (Å²) < 4.78 is 0. The molecule has 2 nitrogen and oxygen atoms in total. The molecule has 1 aromatic rings. The smallest absolute Gasteiger partial charge is 0.0178 e. The van der Waals surface area contributed by atoms with Gasteiger partial charge in [0.1, 0.15) is 0 Å². The summed E-state index contributed by atoms with van der Waals surface area (Å²) in [5.41, 5.74) is 5.25. The lowest BCUT2D eigenvalue weighted by Crippen LogP contribution is -2.55. The van der Waals surface area contributed by atoms with Crippen molar-refractivity contribution in [1.29, 1.82) is 0 Å². The van der Waals surface area contributed by atoms with Gasteiger partial charge in [0.2, 0.25) is 0 Å². The van der Waals surface area contributed by atoms with Gasteiger partial charge >= 0.3 is 0 Å². The van der Waals surface area contributed by atoms with Crippen LogP contribution in [0.25, 0.3) is 0 Å². The Morgan fingerprint density at radius 2 is 1.72 bits per heavy atom. The molecule has 1 saturated carbocycles. The summed E-state index contributed by atoms with van der Waals surface area (Å²) in [6.45, 7) is 18.0. The first-order chi connectivity index (χ1) is 13.5. The van der Waals surface area contributed by atoms with Crippen LogP contribution in [0.3, 0.4) is 0 Å². The fourth-order valence-corrected chi connectivity index (χ4v) is 6.35. The van der Waals surface area contributed by atoms with Crippen molar-refractivity contribution < 1.29 is 0 Å². The predicted molar refractivity (Wildman–Crippen MR) is 127 cm³/mol. The molecule has 1 aliphatic heterocycles. The van der Waals surface area contributed by atoms with Gasteiger partial charge in [-0.1, -0.05) is 77.5 Å². The van der Waals surface area contributed by atoms with E-state index in [1.165, 1.54) is 43.5 Å². The van der Waals surface area contributed by atoms with Crippen LogP contribution in [0, 0.1) is 16.7 Å². The molecule has 2 heteroatoms. The van der Waals surface area contributed by atoms with E-state index in [1.54, 1.807) is 5.57 Å². The minimum absolute atomic E-state index is 0.270. The highest BCUT2D eigenvalue weighted by Crippen LogP contribution is 2.53. The summed E-state index contributed by atoms with van der Waals surface area (Å²) in [7, 11) is 4.50. The lowest BCUT2D eigenvalue weighted by Gasteiger charge is -2.55. The fourth-order valence-electron chi connectivity index (χ4n) is 6.35. The molecule has 0 saturated heterocycles. The Hall–Kier alpha value is -1.12. The van der Waals surface area contributed by atoms with E-state index in [9.17, 15) is 0 Å². The average Bonchev–Trinajstić information content (AvgIpc) is 2.60. The maximum Gasteiger partial charge on any atom is 0.0178 e. The third kappa shape index (κ3) is 4.80. The Labute approximate surface area is 180 Å². The maximum absolute atomic E-state index is 2.71. The van der Waals surface area contributed by atoms with Crippen molar-refractivity contribution in [2.45, 2.75) is 72.8 Å². The molecule has 29 heavy (non-hydrogen) atoms. The lowest BCUT2D eigenvalue weighted by atomic mass is 9.57. The van der Waals surface area contributed by atoms with E-state index in [-0.39, 0.29) is 5.41 Å². The van der Waals surface area contributed by atoms with Crippen LogP contribution in [-0.4, -0.2) is 49.6 Å². The van der Waals surface area contributed by atoms with E-state index >= 15 is 0 Å². The van der Waals surface area contributed by atoms with Crippen molar-refractivity contribution in [2.24, 2.45) is 16.7 Å². The SMILES string of the molecule is CC(Cc1ccc(C(C)C)cc1)CN1CC=C2C(C)(C)[C@@H](N(C)C)CC[C@]2(C)C1. The second-order valence-corrected chi connectivity index (χ2v) is 11.3. The minimum atomic E-state index is 0.270. The Balaban J connectivity index is 1.64. The summed E-state index contributed by atoms with van der Waals surface area (Å²) in [4.78, 5) is 5.15.